The fourth-order valence-corrected chi connectivity index (χ4v) is 3.95. The number of nitrogens with zero attached hydrogens (tertiary/aromatic N) is 1. The number of amides is 4. The molecule has 1 fully saturated rings. The van der Waals surface area contributed by atoms with Crippen LogP contribution in [-0.2, 0) is 15.1 Å². The lowest BCUT2D eigenvalue weighted by Crippen LogP contribution is -2.45. The largest absolute Gasteiger partial charge is 0.326 e. The minimum Gasteiger partial charge on any atom is -0.325 e. The molecule has 4 amide bonds. The number of imide groups is 1. The van der Waals surface area contributed by atoms with Crippen LogP contribution in [0, 0.1) is 0 Å². The second-order valence-electron chi connectivity index (χ2n) is 8.13. The summed E-state index contributed by atoms with van der Waals surface area (Å²) in [7, 11) is 0. The molecule has 0 aromatic heterocycles. The maximum atomic E-state index is 13.6. The molecule has 0 atom stereocenters. The van der Waals surface area contributed by atoms with Crippen LogP contribution in [0.4, 0.5) is 10.5 Å². The van der Waals surface area contributed by atoms with Crippen LogP contribution in [0.5, 0.6) is 0 Å². The molecule has 32 heavy (non-hydrogen) atoms. The van der Waals surface area contributed by atoms with Gasteiger partial charge in [0.2, 0.25) is 5.91 Å². The van der Waals surface area contributed by atoms with Crippen LogP contribution < -0.4 is 10.6 Å². The Bertz CT molecular complexity index is 1090. The number of benzene rings is 3. The van der Waals surface area contributed by atoms with Gasteiger partial charge in [0.25, 0.3) is 5.91 Å². The Kier molecular flexibility index (Phi) is 5.77. The third-order valence-electron chi connectivity index (χ3n) is 5.68. The average Bonchev–Trinajstić information content (AvgIpc) is 3.06. The van der Waals surface area contributed by atoms with Gasteiger partial charge in [-0.25, -0.2) is 4.79 Å². The number of rotatable bonds is 6. The monoisotopic (exact) mass is 427 g/mol. The van der Waals surface area contributed by atoms with E-state index in [1.807, 2.05) is 60.7 Å². The minimum atomic E-state index is -1.38. The molecule has 0 aliphatic carbocycles. The Labute approximate surface area is 187 Å². The van der Waals surface area contributed by atoms with Crippen molar-refractivity contribution < 1.29 is 14.4 Å². The lowest BCUT2D eigenvalue weighted by molar-refractivity contribution is -0.133. The number of hydrogen-bond acceptors (Lipinski definition) is 3. The first-order valence-corrected chi connectivity index (χ1v) is 10.6. The van der Waals surface area contributed by atoms with Crippen LogP contribution in [0.1, 0.15) is 36.5 Å². The fraction of sp³-hybridized carbons (Fsp3) is 0.192. The number of carbonyl (C=O) groups is 3. The lowest BCUT2D eigenvalue weighted by atomic mass is 9.82. The van der Waals surface area contributed by atoms with Crippen molar-refractivity contribution in [3.8, 4) is 0 Å². The number of anilines is 1. The molecule has 0 unspecified atom stereocenters. The first-order chi connectivity index (χ1) is 15.4. The SMILES string of the molecule is CC(C)c1ccc(NC(=O)CN2C(=O)NC(c3ccccc3)(c3ccccc3)C2=O)cc1. The molecule has 162 valence electrons. The molecule has 1 aliphatic rings. The first-order valence-electron chi connectivity index (χ1n) is 10.6. The van der Waals surface area contributed by atoms with E-state index in [2.05, 4.69) is 24.5 Å². The van der Waals surface area contributed by atoms with E-state index in [9.17, 15) is 14.4 Å². The number of nitrogens with one attached hydrogen (secondary N) is 2. The Hall–Kier alpha value is -3.93. The van der Waals surface area contributed by atoms with E-state index in [-0.39, 0.29) is 6.54 Å². The Morgan fingerprint density at radius 2 is 1.41 bits per heavy atom. The lowest BCUT2D eigenvalue weighted by Gasteiger charge is -2.28. The summed E-state index contributed by atoms with van der Waals surface area (Å²) in [6, 6.07) is 25.1. The molecule has 0 saturated carbocycles. The Balaban J connectivity index is 1.59. The summed E-state index contributed by atoms with van der Waals surface area (Å²) in [6.45, 7) is 3.81. The predicted octanol–water partition coefficient (Wildman–Crippen LogP) is 4.24. The van der Waals surface area contributed by atoms with Gasteiger partial charge in [-0.05, 0) is 34.7 Å². The van der Waals surface area contributed by atoms with Gasteiger partial charge in [-0.1, -0.05) is 86.6 Å². The van der Waals surface area contributed by atoms with Crippen LogP contribution >= 0.6 is 0 Å². The standard InChI is InChI=1S/C26H25N3O3/c1-18(2)19-13-15-22(16-14-19)27-23(30)17-29-24(31)26(28-25(29)32,20-9-5-3-6-10-20)21-11-7-4-8-12-21/h3-16,18H,17H2,1-2H3,(H,27,30)(H,28,32). The van der Waals surface area contributed by atoms with E-state index in [4.69, 9.17) is 0 Å². The zero-order chi connectivity index (χ0) is 22.7. The van der Waals surface area contributed by atoms with Crippen molar-refractivity contribution in [3.05, 3.63) is 102 Å². The molecule has 1 aliphatic heterocycles. The average molecular weight is 428 g/mol. The molecule has 0 bridgehead atoms. The maximum Gasteiger partial charge on any atom is 0.326 e. The fourth-order valence-electron chi connectivity index (χ4n) is 3.95. The molecule has 6 nitrogen and oxygen atoms in total. The summed E-state index contributed by atoms with van der Waals surface area (Å²) in [5.74, 6) is -0.539. The van der Waals surface area contributed by atoms with Gasteiger partial charge < -0.3 is 10.6 Å². The van der Waals surface area contributed by atoms with E-state index in [1.54, 1.807) is 24.3 Å². The Morgan fingerprint density at radius 1 is 0.875 bits per heavy atom. The van der Waals surface area contributed by atoms with Crippen LogP contribution in [-0.4, -0.2) is 29.3 Å². The highest BCUT2D eigenvalue weighted by Crippen LogP contribution is 2.35. The van der Waals surface area contributed by atoms with Crippen molar-refractivity contribution in [2.24, 2.45) is 0 Å². The molecule has 1 heterocycles. The molecule has 2 N–H and O–H groups in total. The van der Waals surface area contributed by atoms with Gasteiger partial charge in [0.1, 0.15) is 6.54 Å². The summed E-state index contributed by atoms with van der Waals surface area (Å²) in [4.78, 5) is 40.1. The highest BCUT2D eigenvalue weighted by atomic mass is 16.2. The summed E-state index contributed by atoms with van der Waals surface area (Å²) in [5.41, 5.74) is 1.67. The van der Waals surface area contributed by atoms with Crippen LogP contribution in [0.2, 0.25) is 0 Å². The normalized spacial score (nSPS) is 15.0. The Morgan fingerprint density at radius 3 is 1.91 bits per heavy atom. The summed E-state index contributed by atoms with van der Waals surface area (Å²) < 4.78 is 0. The van der Waals surface area contributed by atoms with E-state index >= 15 is 0 Å². The maximum absolute atomic E-state index is 13.6. The van der Waals surface area contributed by atoms with Gasteiger partial charge in [0, 0.05) is 5.69 Å². The molecule has 3 aromatic carbocycles. The second-order valence-corrected chi connectivity index (χ2v) is 8.13. The highest BCUT2D eigenvalue weighted by Gasteiger charge is 2.54. The van der Waals surface area contributed by atoms with Gasteiger partial charge in [-0.2, -0.15) is 0 Å². The zero-order valence-corrected chi connectivity index (χ0v) is 18.0. The van der Waals surface area contributed by atoms with Crippen molar-refractivity contribution >= 4 is 23.5 Å². The molecule has 0 spiro atoms. The van der Waals surface area contributed by atoms with Crippen LogP contribution in [0.25, 0.3) is 0 Å². The smallest absolute Gasteiger partial charge is 0.325 e. The molecule has 6 heteroatoms. The molecular weight excluding hydrogens is 402 g/mol. The van der Waals surface area contributed by atoms with E-state index in [0.29, 0.717) is 22.7 Å². The van der Waals surface area contributed by atoms with Gasteiger partial charge in [0.15, 0.2) is 5.54 Å². The summed E-state index contributed by atoms with van der Waals surface area (Å²) >= 11 is 0. The number of urea groups is 1. The van der Waals surface area contributed by atoms with E-state index in [0.717, 1.165) is 10.5 Å². The van der Waals surface area contributed by atoms with Crippen molar-refractivity contribution in [1.82, 2.24) is 10.2 Å². The van der Waals surface area contributed by atoms with E-state index < -0.39 is 23.4 Å². The van der Waals surface area contributed by atoms with Crippen molar-refractivity contribution in [1.29, 1.82) is 0 Å². The van der Waals surface area contributed by atoms with Crippen molar-refractivity contribution in [3.63, 3.8) is 0 Å². The summed E-state index contributed by atoms with van der Waals surface area (Å²) in [6.07, 6.45) is 0. The molecule has 0 radical (unpaired) electrons. The van der Waals surface area contributed by atoms with Crippen LogP contribution in [0.15, 0.2) is 84.9 Å². The van der Waals surface area contributed by atoms with Crippen LogP contribution in [0.3, 0.4) is 0 Å². The highest BCUT2D eigenvalue weighted by molar-refractivity contribution is 6.12. The second kappa shape index (κ2) is 8.67. The molecule has 3 aromatic rings. The quantitative estimate of drug-likeness (QED) is 0.578. The van der Waals surface area contributed by atoms with Gasteiger partial charge in [-0.3, -0.25) is 14.5 Å². The third-order valence-corrected chi connectivity index (χ3v) is 5.68. The minimum absolute atomic E-state index is 0.377. The first kappa shape index (κ1) is 21.3. The summed E-state index contributed by atoms with van der Waals surface area (Å²) in [5, 5.41) is 5.62. The predicted molar refractivity (Wildman–Crippen MR) is 123 cm³/mol. The van der Waals surface area contributed by atoms with Crippen molar-refractivity contribution in [2.45, 2.75) is 25.3 Å². The van der Waals surface area contributed by atoms with Gasteiger partial charge in [0.05, 0.1) is 0 Å². The van der Waals surface area contributed by atoms with Gasteiger partial charge >= 0.3 is 6.03 Å². The van der Waals surface area contributed by atoms with Gasteiger partial charge in [-0.15, -0.1) is 0 Å². The van der Waals surface area contributed by atoms with Crippen molar-refractivity contribution in [2.75, 3.05) is 11.9 Å². The molecule has 1 saturated heterocycles. The third kappa shape index (κ3) is 3.87. The topological polar surface area (TPSA) is 78.5 Å². The molecule has 4 rings (SSSR count). The number of hydrogen-bond donors (Lipinski definition) is 2. The van der Waals surface area contributed by atoms with E-state index in [1.165, 1.54) is 0 Å². The molecular formula is C26H25N3O3. The zero-order valence-electron chi connectivity index (χ0n) is 18.0. The number of carbonyl (C=O) groups excluding carboxylic acids is 3.